The standard InChI is InChI=1S/C10H16N2O2/c1-7(2)5-12-9-3-4-14-6-8(9)10(13)11-12/h7H,3-6H2,1-2H3,(H,11,13). The Bertz CT molecular complexity index is 376. The summed E-state index contributed by atoms with van der Waals surface area (Å²) in [5, 5.41) is 2.87. The zero-order chi connectivity index (χ0) is 10.1. The molecule has 0 radical (unpaired) electrons. The van der Waals surface area contributed by atoms with Gasteiger partial charge in [-0.2, -0.15) is 0 Å². The summed E-state index contributed by atoms with van der Waals surface area (Å²) in [5.41, 5.74) is 1.97. The SMILES string of the molecule is CC(C)Cn1[nH]c(=O)c2c1CCOC2. The molecule has 0 saturated carbocycles. The van der Waals surface area contributed by atoms with Crippen LogP contribution in [0.5, 0.6) is 0 Å². The van der Waals surface area contributed by atoms with Gasteiger partial charge in [0.1, 0.15) is 0 Å². The van der Waals surface area contributed by atoms with E-state index in [-0.39, 0.29) is 5.56 Å². The molecular weight excluding hydrogens is 180 g/mol. The molecule has 0 unspecified atom stereocenters. The van der Waals surface area contributed by atoms with Crippen molar-refractivity contribution in [3.63, 3.8) is 0 Å². The Morgan fingerprint density at radius 2 is 2.36 bits per heavy atom. The van der Waals surface area contributed by atoms with E-state index >= 15 is 0 Å². The van der Waals surface area contributed by atoms with Gasteiger partial charge in [-0.1, -0.05) is 13.8 Å². The summed E-state index contributed by atoms with van der Waals surface area (Å²) in [6.07, 6.45) is 0.848. The maximum Gasteiger partial charge on any atom is 0.269 e. The smallest absolute Gasteiger partial charge is 0.269 e. The number of ether oxygens (including phenoxy) is 1. The molecule has 4 heteroatoms. The van der Waals surface area contributed by atoms with Crippen LogP contribution in [0.1, 0.15) is 25.1 Å². The summed E-state index contributed by atoms with van der Waals surface area (Å²) < 4.78 is 7.24. The Labute approximate surface area is 82.9 Å². The molecule has 1 aliphatic heterocycles. The van der Waals surface area contributed by atoms with Crippen LogP contribution in [0.4, 0.5) is 0 Å². The molecule has 2 rings (SSSR count). The maximum atomic E-state index is 11.5. The van der Waals surface area contributed by atoms with E-state index < -0.39 is 0 Å². The zero-order valence-corrected chi connectivity index (χ0v) is 8.67. The second-order valence-electron chi connectivity index (χ2n) is 4.17. The van der Waals surface area contributed by atoms with Gasteiger partial charge >= 0.3 is 0 Å². The van der Waals surface area contributed by atoms with Crippen LogP contribution in [0, 0.1) is 5.92 Å². The van der Waals surface area contributed by atoms with Crippen molar-refractivity contribution in [2.24, 2.45) is 5.92 Å². The summed E-state index contributed by atoms with van der Waals surface area (Å²) in [4.78, 5) is 11.5. The van der Waals surface area contributed by atoms with Crippen molar-refractivity contribution in [2.45, 2.75) is 33.4 Å². The Hall–Kier alpha value is -1.03. The molecule has 1 N–H and O–H groups in total. The highest BCUT2D eigenvalue weighted by molar-refractivity contribution is 5.19. The molecule has 0 amide bonds. The van der Waals surface area contributed by atoms with Gasteiger partial charge in [0.05, 0.1) is 18.8 Å². The summed E-state index contributed by atoms with van der Waals surface area (Å²) in [7, 11) is 0. The normalized spacial score (nSPS) is 15.9. The van der Waals surface area contributed by atoms with Crippen molar-refractivity contribution in [3.05, 3.63) is 21.6 Å². The molecule has 0 aromatic carbocycles. The van der Waals surface area contributed by atoms with Crippen LogP contribution < -0.4 is 5.56 Å². The van der Waals surface area contributed by atoms with E-state index in [0.29, 0.717) is 12.5 Å². The van der Waals surface area contributed by atoms with E-state index in [2.05, 4.69) is 18.9 Å². The first-order chi connectivity index (χ1) is 6.68. The molecule has 0 spiro atoms. The second-order valence-corrected chi connectivity index (χ2v) is 4.17. The van der Waals surface area contributed by atoms with Gasteiger partial charge in [-0.15, -0.1) is 0 Å². The number of fused-ring (bicyclic) bond motifs is 1. The maximum absolute atomic E-state index is 11.5. The molecule has 0 fully saturated rings. The fourth-order valence-electron chi connectivity index (χ4n) is 1.85. The third-order valence-electron chi connectivity index (χ3n) is 2.46. The summed E-state index contributed by atoms with van der Waals surface area (Å²) >= 11 is 0. The van der Waals surface area contributed by atoms with Crippen molar-refractivity contribution in [2.75, 3.05) is 6.61 Å². The van der Waals surface area contributed by atoms with Gasteiger partial charge < -0.3 is 4.74 Å². The molecule has 4 nitrogen and oxygen atoms in total. The fourth-order valence-corrected chi connectivity index (χ4v) is 1.85. The molecule has 78 valence electrons. The third-order valence-corrected chi connectivity index (χ3v) is 2.46. The lowest BCUT2D eigenvalue weighted by Crippen LogP contribution is -2.16. The summed E-state index contributed by atoms with van der Waals surface area (Å²) in [6.45, 7) is 6.36. The molecule has 0 atom stereocenters. The van der Waals surface area contributed by atoms with Crippen molar-refractivity contribution in [1.82, 2.24) is 9.78 Å². The highest BCUT2D eigenvalue weighted by Crippen LogP contribution is 2.13. The minimum Gasteiger partial charge on any atom is -0.376 e. The molecule has 14 heavy (non-hydrogen) atoms. The number of nitrogens with one attached hydrogen (secondary N) is 1. The number of nitrogens with zero attached hydrogens (tertiary/aromatic N) is 1. The van der Waals surface area contributed by atoms with Gasteiger partial charge in [-0.05, 0) is 5.92 Å². The van der Waals surface area contributed by atoms with Crippen LogP contribution in [0.15, 0.2) is 4.79 Å². The largest absolute Gasteiger partial charge is 0.376 e. The average molecular weight is 196 g/mol. The lowest BCUT2D eigenvalue weighted by molar-refractivity contribution is 0.108. The predicted molar refractivity (Wildman–Crippen MR) is 53.3 cm³/mol. The van der Waals surface area contributed by atoms with Gasteiger partial charge in [0, 0.05) is 18.7 Å². The molecule has 1 aromatic rings. The highest BCUT2D eigenvalue weighted by atomic mass is 16.5. The van der Waals surface area contributed by atoms with Crippen LogP contribution in [0.3, 0.4) is 0 Å². The van der Waals surface area contributed by atoms with Crippen LogP contribution >= 0.6 is 0 Å². The fraction of sp³-hybridized carbons (Fsp3) is 0.700. The molecule has 0 bridgehead atoms. The summed E-state index contributed by atoms with van der Waals surface area (Å²) in [6, 6.07) is 0. The van der Waals surface area contributed by atoms with E-state index in [1.165, 1.54) is 0 Å². The number of H-pyrrole nitrogens is 1. The third kappa shape index (κ3) is 1.62. The van der Waals surface area contributed by atoms with E-state index in [4.69, 9.17) is 4.74 Å². The van der Waals surface area contributed by atoms with Crippen molar-refractivity contribution in [3.8, 4) is 0 Å². The molecule has 0 saturated heterocycles. The minimum atomic E-state index is 0.0142. The first kappa shape index (κ1) is 9.52. The average Bonchev–Trinajstić information content (AvgIpc) is 2.44. The summed E-state index contributed by atoms with van der Waals surface area (Å²) in [5.74, 6) is 0.546. The highest BCUT2D eigenvalue weighted by Gasteiger charge is 2.18. The lowest BCUT2D eigenvalue weighted by atomic mass is 10.1. The molecule has 1 aromatic heterocycles. The van der Waals surface area contributed by atoms with E-state index in [1.54, 1.807) is 0 Å². The Kier molecular flexibility index (Phi) is 2.46. The minimum absolute atomic E-state index is 0.0142. The second kappa shape index (κ2) is 3.61. The van der Waals surface area contributed by atoms with Gasteiger partial charge in [0.15, 0.2) is 0 Å². The number of aromatic nitrogens is 2. The van der Waals surface area contributed by atoms with E-state index in [9.17, 15) is 4.79 Å². The van der Waals surface area contributed by atoms with Crippen LogP contribution in [0.25, 0.3) is 0 Å². The predicted octanol–water partition coefficient (Wildman–Crippen LogP) is 0.905. The van der Waals surface area contributed by atoms with Crippen molar-refractivity contribution >= 4 is 0 Å². The molecule has 1 aliphatic rings. The van der Waals surface area contributed by atoms with Gasteiger partial charge in [-0.25, -0.2) is 0 Å². The van der Waals surface area contributed by atoms with Crippen LogP contribution in [0.2, 0.25) is 0 Å². The van der Waals surface area contributed by atoms with Gasteiger partial charge in [-0.3, -0.25) is 14.6 Å². The van der Waals surface area contributed by atoms with Gasteiger partial charge in [0.2, 0.25) is 0 Å². The number of hydrogen-bond acceptors (Lipinski definition) is 2. The van der Waals surface area contributed by atoms with Crippen LogP contribution in [-0.4, -0.2) is 16.4 Å². The van der Waals surface area contributed by atoms with Crippen LogP contribution in [-0.2, 0) is 24.3 Å². The van der Waals surface area contributed by atoms with Crippen molar-refractivity contribution in [1.29, 1.82) is 0 Å². The van der Waals surface area contributed by atoms with Gasteiger partial charge in [0.25, 0.3) is 5.56 Å². The quantitative estimate of drug-likeness (QED) is 0.764. The lowest BCUT2D eigenvalue weighted by Gasteiger charge is -2.15. The van der Waals surface area contributed by atoms with E-state index in [0.717, 1.165) is 30.8 Å². The number of rotatable bonds is 2. The van der Waals surface area contributed by atoms with E-state index in [1.807, 2.05) is 4.68 Å². The first-order valence-corrected chi connectivity index (χ1v) is 5.06. The zero-order valence-electron chi connectivity index (χ0n) is 8.67. The number of aromatic amines is 1. The Morgan fingerprint density at radius 3 is 3.07 bits per heavy atom. The molecule has 2 heterocycles. The monoisotopic (exact) mass is 196 g/mol. The Morgan fingerprint density at radius 1 is 1.57 bits per heavy atom. The van der Waals surface area contributed by atoms with Crippen molar-refractivity contribution < 1.29 is 4.74 Å². The first-order valence-electron chi connectivity index (χ1n) is 5.06. The number of hydrogen-bond donors (Lipinski definition) is 1. The molecule has 0 aliphatic carbocycles. The molecular formula is C10H16N2O2. The Balaban J connectivity index is 2.36. The topological polar surface area (TPSA) is 47.0 Å².